The first kappa shape index (κ1) is 13.5. The van der Waals surface area contributed by atoms with Crippen molar-refractivity contribution in [1.29, 1.82) is 0 Å². The summed E-state index contributed by atoms with van der Waals surface area (Å²) in [4.78, 5) is 5.00. The van der Waals surface area contributed by atoms with E-state index in [1.54, 1.807) is 12.1 Å². The maximum Gasteiger partial charge on any atom is 0.115 e. The van der Waals surface area contributed by atoms with Gasteiger partial charge < -0.3 is 5.11 Å². The van der Waals surface area contributed by atoms with Gasteiger partial charge in [0.15, 0.2) is 0 Å². The Morgan fingerprint density at radius 3 is 2.54 bits per heavy atom. The van der Waals surface area contributed by atoms with Crippen molar-refractivity contribution in [2.45, 2.75) is 25.7 Å². The largest absolute Gasteiger partial charge is 0.508 e. The van der Waals surface area contributed by atoms with Gasteiger partial charge in [-0.1, -0.05) is 0 Å². The molecule has 4 heteroatoms. The number of aryl methyl sites for hydroxylation is 1. The van der Waals surface area contributed by atoms with Crippen LogP contribution in [0, 0.1) is 0 Å². The topological polar surface area (TPSA) is 50.4 Å². The predicted octanol–water partition coefficient (Wildman–Crippen LogP) is 4.13. The number of nitrogens with zero attached hydrogens (tertiary/aromatic N) is 3. The van der Waals surface area contributed by atoms with Gasteiger partial charge in [0.2, 0.25) is 0 Å². The second-order valence-electron chi connectivity index (χ2n) is 6.41. The summed E-state index contributed by atoms with van der Waals surface area (Å²) in [7, 11) is 0. The number of phenolic OH excluding ortho intramolecular Hbond substituents is 1. The molecule has 0 atom stereocenters. The molecule has 0 amide bonds. The second kappa shape index (κ2) is 5.06. The lowest BCUT2D eigenvalue weighted by Crippen LogP contribution is -2.08. The third-order valence-electron chi connectivity index (χ3n) is 4.98. The van der Waals surface area contributed by atoms with Crippen LogP contribution in [0.15, 0.2) is 48.8 Å². The fourth-order valence-corrected chi connectivity index (χ4v) is 3.88. The van der Waals surface area contributed by atoms with Gasteiger partial charge in [0, 0.05) is 17.1 Å². The minimum atomic E-state index is 0.286. The lowest BCUT2D eigenvalue weighted by Gasteiger charge is -2.21. The van der Waals surface area contributed by atoms with E-state index >= 15 is 0 Å². The van der Waals surface area contributed by atoms with Crippen LogP contribution in [0.1, 0.15) is 24.0 Å². The van der Waals surface area contributed by atoms with Gasteiger partial charge >= 0.3 is 0 Å². The van der Waals surface area contributed by atoms with Gasteiger partial charge in [-0.05, 0) is 73.2 Å². The third kappa shape index (κ3) is 1.92. The zero-order valence-corrected chi connectivity index (χ0v) is 13.2. The smallest absolute Gasteiger partial charge is 0.115 e. The summed E-state index contributed by atoms with van der Waals surface area (Å²) in [5.74, 6) is 0.286. The summed E-state index contributed by atoms with van der Waals surface area (Å²) in [6.07, 6.45) is 8.39. The zero-order valence-electron chi connectivity index (χ0n) is 13.2. The molecule has 1 N–H and O–H groups in total. The van der Waals surface area contributed by atoms with Gasteiger partial charge in [-0.25, -0.2) is 9.50 Å². The molecule has 3 heterocycles. The van der Waals surface area contributed by atoms with Crippen molar-refractivity contribution in [3.63, 3.8) is 0 Å². The number of fused-ring (bicyclic) bond motifs is 5. The Hall–Kier alpha value is -2.88. The van der Waals surface area contributed by atoms with Gasteiger partial charge in [-0.2, -0.15) is 5.10 Å². The molecule has 0 saturated heterocycles. The fourth-order valence-electron chi connectivity index (χ4n) is 3.88. The van der Waals surface area contributed by atoms with Gasteiger partial charge in [-0.3, -0.25) is 0 Å². The van der Waals surface area contributed by atoms with E-state index in [4.69, 9.17) is 4.98 Å². The number of aromatic nitrogens is 3. The Morgan fingerprint density at radius 2 is 1.71 bits per heavy atom. The Balaban J connectivity index is 1.88. The van der Waals surface area contributed by atoms with Gasteiger partial charge in [0.25, 0.3) is 0 Å². The summed E-state index contributed by atoms with van der Waals surface area (Å²) in [6.45, 7) is 0. The molecule has 118 valence electrons. The van der Waals surface area contributed by atoms with Gasteiger partial charge in [0.05, 0.1) is 22.9 Å². The monoisotopic (exact) mass is 315 g/mol. The van der Waals surface area contributed by atoms with Crippen molar-refractivity contribution in [1.82, 2.24) is 14.6 Å². The first-order chi connectivity index (χ1) is 11.8. The number of hydrogen-bond donors (Lipinski definition) is 1. The minimum absolute atomic E-state index is 0.286. The molecule has 0 spiro atoms. The fraction of sp³-hybridized carbons (Fsp3) is 0.200. The van der Waals surface area contributed by atoms with E-state index in [0.717, 1.165) is 35.1 Å². The SMILES string of the molecule is Oc1ccc(-c2nc3ccn4nccc4c3c3c2CCCC3)cc1. The summed E-state index contributed by atoms with van der Waals surface area (Å²) in [6, 6.07) is 11.5. The average molecular weight is 315 g/mol. The number of aromatic hydroxyl groups is 1. The molecule has 24 heavy (non-hydrogen) atoms. The normalized spacial score (nSPS) is 14.2. The zero-order chi connectivity index (χ0) is 16.1. The molecule has 0 unspecified atom stereocenters. The Bertz CT molecular complexity index is 1060. The molecule has 0 aliphatic heterocycles. The van der Waals surface area contributed by atoms with Crippen LogP contribution in [0.25, 0.3) is 27.7 Å². The summed E-state index contributed by atoms with van der Waals surface area (Å²) < 4.78 is 1.93. The minimum Gasteiger partial charge on any atom is -0.508 e. The highest BCUT2D eigenvalue weighted by atomic mass is 16.3. The molecule has 1 aromatic carbocycles. The predicted molar refractivity (Wildman–Crippen MR) is 94.2 cm³/mol. The highest BCUT2D eigenvalue weighted by Gasteiger charge is 2.20. The number of hydrogen-bond acceptors (Lipinski definition) is 3. The van der Waals surface area contributed by atoms with Crippen LogP contribution in [0.4, 0.5) is 0 Å². The van der Waals surface area contributed by atoms with Crippen LogP contribution in [0.5, 0.6) is 5.75 Å². The van der Waals surface area contributed by atoms with Crippen LogP contribution in [0.3, 0.4) is 0 Å². The number of benzene rings is 1. The van der Waals surface area contributed by atoms with Crippen molar-refractivity contribution >= 4 is 16.4 Å². The van der Waals surface area contributed by atoms with Gasteiger partial charge in [0.1, 0.15) is 5.75 Å². The molecule has 0 bridgehead atoms. The van der Waals surface area contributed by atoms with E-state index in [2.05, 4.69) is 11.2 Å². The quantitative estimate of drug-likeness (QED) is 0.574. The standard InChI is InChI=1S/C20H17N3O/c24-14-7-5-13(6-8-14)20-16-4-2-1-3-15(16)19-17(22-20)10-12-23-18(19)9-11-21-23/h5-12,24H,1-4H2. The highest BCUT2D eigenvalue weighted by Crippen LogP contribution is 2.36. The first-order valence-corrected chi connectivity index (χ1v) is 8.38. The molecule has 1 aliphatic carbocycles. The molecular formula is C20H17N3O. The molecule has 4 nitrogen and oxygen atoms in total. The number of pyridine rings is 2. The van der Waals surface area contributed by atoms with Gasteiger partial charge in [-0.15, -0.1) is 0 Å². The molecule has 5 rings (SSSR count). The van der Waals surface area contributed by atoms with Crippen LogP contribution in [-0.2, 0) is 12.8 Å². The third-order valence-corrected chi connectivity index (χ3v) is 4.98. The van der Waals surface area contributed by atoms with Crippen molar-refractivity contribution < 1.29 is 5.11 Å². The van der Waals surface area contributed by atoms with Crippen LogP contribution in [-0.4, -0.2) is 19.7 Å². The lowest BCUT2D eigenvalue weighted by atomic mass is 9.86. The Labute approximate surface area is 139 Å². The van der Waals surface area contributed by atoms with Crippen LogP contribution < -0.4 is 0 Å². The summed E-state index contributed by atoms with van der Waals surface area (Å²) in [5, 5.41) is 15.2. The van der Waals surface area contributed by atoms with Crippen LogP contribution in [0.2, 0.25) is 0 Å². The van der Waals surface area contributed by atoms with Crippen molar-refractivity contribution in [2.24, 2.45) is 0 Å². The Morgan fingerprint density at radius 1 is 0.917 bits per heavy atom. The van der Waals surface area contributed by atoms with Crippen molar-refractivity contribution in [3.8, 4) is 17.0 Å². The maximum absolute atomic E-state index is 9.58. The van der Waals surface area contributed by atoms with E-state index in [9.17, 15) is 5.11 Å². The van der Waals surface area contributed by atoms with E-state index in [0.29, 0.717) is 0 Å². The Kier molecular flexibility index (Phi) is 2.86. The number of rotatable bonds is 1. The molecular weight excluding hydrogens is 298 g/mol. The van der Waals surface area contributed by atoms with E-state index < -0.39 is 0 Å². The molecule has 0 saturated carbocycles. The summed E-state index contributed by atoms with van der Waals surface area (Å²) >= 11 is 0. The molecule has 0 fully saturated rings. The average Bonchev–Trinajstić information content (AvgIpc) is 3.10. The first-order valence-electron chi connectivity index (χ1n) is 8.38. The molecule has 1 aliphatic rings. The molecule has 4 aromatic rings. The lowest BCUT2D eigenvalue weighted by molar-refractivity contribution is 0.475. The number of phenols is 1. The van der Waals surface area contributed by atoms with Crippen LogP contribution >= 0.6 is 0 Å². The van der Waals surface area contributed by atoms with Crippen molar-refractivity contribution in [2.75, 3.05) is 0 Å². The van der Waals surface area contributed by atoms with E-state index in [-0.39, 0.29) is 5.75 Å². The highest BCUT2D eigenvalue weighted by molar-refractivity contribution is 5.98. The molecule has 3 aromatic heterocycles. The summed E-state index contributed by atoms with van der Waals surface area (Å²) in [5.41, 5.74) is 7.05. The van der Waals surface area contributed by atoms with E-state index in [1.165, 1.54) is 29.4 Å². The second-order valence-corrected chi connectivity index (χ2v) is 6.41. The van der Waals surface area contributed by atoms with Crippen molar-refractivity contribution in [3.05, 3.63) is 59.9 Å². The molecule has 0 radical (unpaired) electrons. The van der Waals surface area contributed by atoms with E-state index in [1.807, 2.05) is 35.1 Å². The maximum atomic E-state index is 9.58.